The SMILES string of the molecule is CNc1cc([N+](=O)[O-])cc(NC(C)c2cccc(Cl)c2)n1. The molecule has 0 saturated heterocycles. The molecule has 6 nitrogen and oxygen atoms in total. The molecule has 0 saturated carbocycles. The lowest BCUT2D eigenvalue weighted by atomic mass is 10.1. The summed E-state index contributed by atoms with van der Waals surface area (Å²) in [4.78, 5) is 14.7. The highest BCUT2D eigenvalue weighted by Gasteiger charge is 2.13. The van der Waals surface area contributed by atoms with Crippen LogP contribution in [0.3, 0.4) is 0 Å². The van der Waals surface area contributed by atoms with Crippen molar-refractivity contribution in [1.29, 1.82) is 0 Å². The Morgan fingerprint density at radius 2 is 2.00 bits per heavy atom. The summed E-state index contributed by atoms with van der Waals surface area (Å²) >= 11 is 5.96. The molecule has 0 fully saturated rings. The van der Waals surface area contributed by atoms with Gasteiger partial charge in [0.25, 0.3) is 5.69 Å². The van der Waals surface area contributed by atoms with Gasteiger partial charge in [-0.2, -0.15) is 0 Å². The van der Waals surface area contributed by atoms with Crippen molar-refractivity contribution in [2.45, 2.75) is 13.0 Å². The zero-order valence-corrected chi connectivity index (χ0v) is 12.4. The monoisotopic (exact) mass is 306 g/mol. The minimum Gasteiger partial charge on any atom is -0.373 e. The molecule has 0 aliphatic carbocycles. The summed E-state index contributed by atoms with van der Waals surface area (Å²) in [7, 11) is 1.66. The van der Waals surface area contributed by atoms with E-state index in [-0.39, 0.29) is 11.7 Å². The lowest BCUT2D eigenvalue weighted by Gasteiger charge is -2.15. The zero-order chi connectivity index (χ0) is 15.4. The third kappa shape index (κ3) is 3.82. The molecule has 2 aromatic rings. The Kier molecular flexibility index (Phi) is 4.59. The third-order valence-corrected chi connectivity index (χ3v) is 3.23. The minimum atomic E-state index is -0.447. The standard InChI is InChI=1S/C14H15ClN4O2/c1-9(10-4-3-5-11(15)6-10)17-14-8-12(19(20)21)7-13(16-2)18-14/h3-9H,1-2H3,(H2,16,17,18). The number of halogens is 1. The molecule has 0 amide bonds. The van der Waals surface area contributed by atoms with Crippen molar-refractivity contribution in [3.63, 3.8) is 0 Å². The second kappa shape index (κ2) is 6.41. The van der Waals surface area contributed by atoms with E-state index in [4.69, 9.17) is 11.6 Å². The Morgan fingerprint density at radius 1 is 1.29 bits per heavy atom. The molecule has 2 N–H and O–H groups in total. The van der Waals surface area contributed by atoms with Crippen molar-refractivity contribution < 1.29 is 4.92 Å². The van der Waals surface area contributed by atoms with Gasteiger partial charge in [0.15, 0.2) is 0 Å². The number of nitro groups is 1. The van der Waals surface area contributed by atoms with Gasteiger partial charge in [0.05, 0.1) is 17.1 Å². The highest BCUT2D eigenvalue weighted by atomic mass is 35.5. The number of nitrogens with zero attached hydrogens (tertiary/aromatic N) is 2. The van der Waals surface area contributed by atoms with Gasteiger partial charge in [0.1, 0.15) is 11.6 Å². The molecule has 0 spiro atoms. The summed E-state index contributed by atoms with van der Waals surface area (Å²) in [6, 6.07) is 10.1. The summed E-state index contributed by atoms with van der Waals surface area (Å²) < 4.78 is 0. The van der Waals surface area contributed by atoms with Crippen molar-refractivity contribution in [3.05, 3.63) is 57.1 Å². The summed E-state index contributed by atoms with van der Waals surface area (Å²) in [6.45, 7) is 1.94. The van der Waals surface area contributed by atoms with E-state index in [1.54, 1.807) is 13.1 Å². The molecule has 1 unspecified atom stereocenters. The van der Waals surface area contributed by atoms with Crippen LogP contribution in [0.5, 0.6) is 0 Å². The number of benzene rings is 1. The van der Waals surface area contributed by atoms with Crippen molar-refractivity contribution in [3.8, 4) is 0 Å². The van der Waals surface area contributed by atoms with Crippen LogP contribution in [-0.2, 0) is 0 Å². The predicted molar refractivity (Wildman–Crippen MR) is 83.9 cm³/mol. The molecule has 1 heterocycles. The average Bonchev–Trinajstić information content (AvgIpc) is 2.46. The maximum absolute atomic E-state index is 10.9. The van der Waals surface area contributed by atoms with Gasteiger partial charge in [-0.05, 0) is 24.6 Å². The van der Waals surface area contributed by atoms with Crippen LogP contribution in [0.25, 0.3) is 0 Å². The Labute approximate surface area is 127 Å². The Bertz CT molecular complexity index is 663. The molecular weight excluding hydrogens is 292 g/mol. The molecule has 0 aliphatic heterocycles. The molecule has 0 aliphatic rings. The van der Waals surface area contributed by atoms with E-state index in [2.05, 4.69) is 15.6 Å². The van der Waals surface area contributed by atoms with Crippen molar-refractivity contribution in [1.82, 2.24) is 4.98 Å². The molecule has 0 radical (unpaired) electrons. The molecule has 21 heavy (non-hydrogen) atoms. The van der Waals surface area contributed by atoms with Gasteiger partial charge < -0.3 is 10.6 Å². The van der Waals surface area contributed by atoms with Gasteiger partial charge in [0.2, 0.25) is 0 Å². The van der Waals surface area contributed by atoms with E-state index in [1.807, 2.05) is 25.1 Å². The van der Waals surface area contributed by atoms with Crippen LogP contribution in [-0.4, -0.2) is 17.0 Å². The van der Waals surface area contributed by atoms with Crippen LogP contribution in [0, 0.1) is 10.1 Å². The van der Waals surface area contributed by atoms with E-state index in [0.29, 0.717) is 16.7 Å². The van der Waals surface area contributed by atoms with E-state index in [1.165, 1.54) is 12.1 Å². The normalized spacial score (nSPS) is 11.8. The zero-order valence-electron chi connectivity index (χ0n) is 11.6. The topological polar surface area (TPSA) is 80.1 Å². The largest absolute Gasteiger partial charge is 0.373 e. The predicted octanol–water partition coefficient (Wildman–Crippen LogP) is 3.86. The number of rotatable bonds is 5. The van der Waals surface area contributed by atoms with E-state index in [0.717, 1.165) is 5.56 Å². The smallest absolute Gasteiger partial charge is 0.276 e. The summed E-state index contributed by atoms with van der Waals surface area (Å²) in [5.41, 5.74) is 0.956. The molecule has 7 heteroatoms. The summed E-state index contributed by atoms with van der Waals surface area (Å²) in [6.07, 6.45) is 0. The number of pyridine rings is 1. The van der Waals surface area contributed by atoms with Crippen molar-refractivity contribution >= 4 is 28.9 Å². The first-order valence-corrected chi connectivity index (χ1v) is 6.73. The van der Waals surface area contributed by atoms with Crippen LogP contribution in [0.4, 0.5) is 17.3 Å². The van der Waals surface area contributed by atoms with Gasteiger partial charge in [-0.25, -0.2) is 4.98 Å². The maximum Gasteiger partial charge on any atom is 0.276 e. The quantitative estimate of drug-likeness (QED) is 0.647. The van der Waals surface area contributed by atoms with Crippen LogP contribution >= 0.6 is 11.6 Å². The van der Waals surface area contributed by atoms with E-state index in [9.17, 15) is 10.1 Å². The number of nitrogens with one attached hydrogen (secondary N) is 2. The first-order valence-electron chi connectivity index (χ1n) is 6.36. The molecule has 110 valence electrons. The number of anilines is 2. The fraction of sp³-hybridized carbons (Fsp3) is 0.214. The highest BCUT2D eigenvalue weighted by Crippen LogP contribution is 2.25. The van der Waals surface area contributed by atoms with Gasteiger partial charge in [0, 0.05) is 18.1 Å². The number of aromatic nitrogens is 1. The van der Waals surface area contributed by atoms with Gasteiger partial charge >= 0.3 is 0 Å². The molecule has 1 aromatic heterocycles. The summed E-state index contributed by atoms with van der Waals surface area (Å²) in [5, 5.41) is 17.5. The van der Waals surface area contributed by atoms with Crippen molar-refractivity contribution in [2.75, 3.05) is 17.7 Å². The molecule has 1 atom stereocenters. The van der Waals surface area contributed by atoms with E-state index >= 15 is 0 Å². The van der Waals surface area contributed by atoms with Gasteiger partial charge in [-0.15, -0.1) is 0 Å². The fourth-order valence-corrected chi connectivity index (χ4v) is 2.10. The lowest BCUT2D eigenvalue weighted by molar-refractivity contribution is -0.384. The third-order valence-electron chi connectivity index (χ3n) is 2.99. The van der Waals surface area contributed by atoms with Crippen LogP contribution < -0.4 is 10.6 Å². The first-order chi connectivity index (χ1) is 9.99. The Hall–Kier alpha value is -2.34. The molecular formula is C14H15ClN4O2. The van der Waals surface area contributed by atoms with Crippen LogP contribution in [0.2, 0.25) is 5.02 Å². The second-order valence-corrected chi connectivity index (χ2v) is 4.96. The maximum atomic E-state index is 10.9. The lowest BCUT2D eigenvalue weighted by Crippen LogP contribution is -2.09. The van der Waals surface area contributed by atoms with Gasteiger partial charge in [-0.1, -0.05) is 23.7 Å². The fourth-order valence-electron chi connectivity index (χ4n) is 1.90. The minimum absolute atomic E-state index is 0.0184. The first kappa shape index (κ1) is 15.1. The van der Waals surface area contributed by atoms with E-state index < -0.39 is 4.92 Å². The van der Waals surface area contributed by atoms with Crippen molar-refractivity contribution in [2.24, 2.45) is 0 Å². The Balaban J connectivity index is 2.26. The average molecular weight is 307 g/mol. The molecule has 1 aromatic carbocycles. The number of hydrogen-bond acceptors (Lipinski definition) is 5. The molecule has 0 bridgehead atoms. The second-order valence-electron chi connectivity index (χ2n) is 4.52. The van der Waals surface area contributed by atoms with Crippen LogP contribution in [0.1, 0.15) is 18.5 Å². The molecule has 2 rings (SSSR count). The Morgan fingerprint density at radius 3 is 2.62 bits per heavy atom. The van der Waals surface area contributed by atoms with Crippen LogP contribution in [0.15, 0.2) is 36.4 Å². The highest BCUT2D eigenvalue weighted by molar-refractivity contribution is 6.30. The van der Waals surface area contributed by atoms with Gasteiger partial charge in [-0.3, -0.25) is 10.1 Å². The summed E-state index contributed by atoms with van der Waals surface area (Å²) in [5.74, 6) is 0.867. The number of hydrogen-bond donors (Lipinski definition) is 2.